The van der Waals surface area contributed by atoms with Gasteiger partial charge in [-0.05, 0) is 29.0 Å². The summed E-state index contributed by atoms with van der Waals surface area (Å²) >= 11 is 0. The van der Waals surface area contributed by atoms with Crippen LogP contribution in [0.4, 0.5) is 5.69 Å². The van der Waals surface area contributed by atoms with Crippen LogP contribution in [0.1, 0.15) is 0 Å². The Bertz CT molecular complexity index is 277. The van der Waals surface area contributed by atoms with Gasteiger partial charge in [-0.25, -0.2) is 4.72 Å². The average molecular weight is 184 g/mol. The maximum Gasteiger partial charge on any atom is 0.120 e. The van der Waals surface area contributed by atoms with Crippen molar-refractivity contribution in [3.05, 3.63) is 18.2 Å². The van der Waals surface area contributed by atoms with Crippen molar-refractivity contribution in [1.29, 1.82) is 0 Å². The Morgan fingerprint density at radius 1 is 1.45 bits per heavy atom. The van der Waals surface area contributed by atoms with Gasteiger partial charge in [0, 0.05) is 11.0 Å². The summed E-state index contributed by atoms with van der Waals surface area (Å²) in [4.78, 5) is 1.19. The van der Waals surface area contributed by atoms with Crippen molar-refractivity contribution >= 4 is 27.5 Å². The Morgan fingerprint density at radius 3 is 3.18 bits per heavy atom. The van der Waals surface area contributed by atoms with E-state index in [1.165, 1.54) is 15.9 Å². The third kappa shape index (κ3) is 1.28. The summed E-state index contributed by atoms with van der Waals surface area (Å²) < 4.78 is 9.27. The van der Waals surface area contributed by atoms with E-state index < -0.39 is 0 Å². The van der Waals surface area contributed by atoms with Crippen LogP contribution in [0.15, 0.2) is 23.1 Å². The van der Waals surface area contributed by atoms with Gasteiger partial charge in [-0.3, -0.25) is 0 Å². The largest absolute Gasteiger partial charge is 0.497 e. The van der Waals surface area contributed by atoms with Crippen LogP contribution in [0.3, 0.4) is 0 Å². The lowest BCUT2D eigenvalue weighted by atomic mass is 10.3. The van der Waals surface area contributed by atoms with Gasteiger partial charge in [-0.1, -0.05) is 0 Å². The monoisotopic (exact) mass is 184 g/mol. The van der Waals surface area contributed by atoms with Crippen LogP contribution >= 0.6 is 21.8 Å². The summed E-state index contributed by atoms with van der Waals surface area (Å²) in [5, 5.41) is 0. The zero-order valence-electron chi connectivity index (χ0n) is 5.90. The minimum Gasteiger partial charge on any atom is -0.497 e. The summed E-state index contributed by atoms with van der Waals surface area (Å²) in [5.74, 6) is 0.897. The fourth-order valence-electron chi connectivity index (χ4n) is 0.863. The fraction of sp³-hybridized carbons (Fsp3) is 0.143. The molecule has 1 aromatic carbocycles. The molecular weight excluding hydrogens is 178 g/mol. The van der Waals surface area contributed by atoms with E-state index in [1.54, 1.807) is 17.9 Å². The smallest absolute Gasteiger partial charge is 0.120 e. The predicted octanol–water partition coefficient (Wildman–Crippen LogP) is 2.60. The second-order valence-electron chi connectivity index (χ2n) is 2.08. The molecule has 0 spiro atoms. The molecule has 1 aliphatic heterocycles. The summed E-state index contributed by atoms with van der Waals surface area (Å²) in [6.45, 7) is 0. The maximum atomic E-state index is 5.08. The van der Waals surface area contributed by atoms with E-state index in [1.807, 2.05) is 18.2 Å². The first kappa shape index (κ1) is 7.18. The molecule has 0 amide bonds. The van der Waals surface area contributed by atoms with E-state index in [0.717, 1.165) is 11.4 Å². The molecule has 0 saturated heterocycles. The van der Waals surface area contributed by atoms with Gasteiger partial charge in [0.25, 0.3) is 0 Å². The lowest BCUT2D eigenvalue weighted by molar-refractivity contribution is 0.414. The number of hydrogen-bond donors (Lipinski definition) is 0. The lowest BCUT2D eigenvalue weighted by Gasteiger charge is -1.99. The highest BCUT2D eigenvalue weighted by Crippen LogP contribution is 2.45. The molecule has 4 heteroatoms. The van der Waals surface area contributed by atoms with Crippen LogP contribution in [0.5, 0.6) is 5.75 Å². The predicted molar refractivity (Wildman–Crippen MR) is 48.2 cm³/mol. The van der Waals surface area contributed by atoms with E-state index >= 15 is 0 Å². The van der Waals surface area contributed by atoms with Crippen LogP contribution in [-0.4, -0.2) is 7.11 Å². The Balaban J connectivity index is 2.41. The Kier molecular flexibility index (Phi) is 1.87. The lowest BCUT2D eigenvalue weighted by Crippen LogP contribution is -1.83. The summed E-state index contributed by atoms with van der Waals surface area (Å²) in [6.07, 6.45) is 0. The van der Waals surface area contributed by atoms with Crippen LogP contribution in [0, 0.1) is 0 Å². The van der Waals surface area contributed by atoms with Crippen molar-refractivity contribution in [2.24, 2.45) is 0 Å². The van der Waals surface area contributed by atoms with Crippen molar-refractivity contribution in [2.75, 3.05) is 7.11 Å². The second kappa shape index (κ2) is 2.87. The molecule has 11 heavy (non-hydrogen) atoms. The quantitative estimate of drug-likeness (QED) is 0.495. The van der Waals surface area contributed by atoms with E-state index in [0.29, 0.717) is 0 Å². The van der Waals surface area contributed by atoms with Gasteiger partial charge in [0.05, 0.1) is 17.7 Å². The topological polar surface area (TPSA) is 23.3 Å². The number of benzene rings is 1. The average Bonchev–Trinajstić information content (AvgIpc) is 2.50. The summed E-state index contributed by atoms with van der Waals surface area (Å²) in [6, 6.07) is 5.90. The molecule has 0 unspecified atom stereocenters. The minimum absolute atomic E-state index is 0.897. The van der Waals surface area contributed by atoms with Crippen molar-refractivity contribution < 1.29 is 4.74 Å². The molecule has 0 saturated carbocycles. The zero-order chi connectivity index (χ0) is 7.68. The maximum absolute atomic E-state index is 5.08. The second-order valence-corrected chi connectivity index (χ2v) is 3.97. The molecular formula is C7H6NOS2. The van der Waals surface area contributed by atoms with Gasteiger partial charge in [0.15, 0.2) is 0 Å². The van der Waals surface area contributed by atoms with Crippen molar-refractivity contribution in [1.82, 2.24) is 4.72 Å². The molecule has 57 valence electrons. The zero-order valence-corrected chi connectivity index (χ0v) is 7.54. The number of methoxy groups -OCH3 is 1. The van der Waals surface area contributed by atoms with Crippen LogP contribution in [0.2, 0.25) is 0 Å². The summed E-state index contributed by atoms with van der Waals surface area (Å²) in [5.41, 5.74) is 1.06. The minimum atomic E-state index is 0.897. The molecule has 0 aromatic heterocycles. The number of rotatable bonds is 1. The van der Waals surface area contributed by atoms with Crippen LogP contribution < -0.4 is 9.46 Å². The number of nitrogens with zero attached hydrogens (tertiary/aromatic N) is 1. The highest BCUT2D eigenvalue weighted by Gasteiger charge is 2.13. The first-order chi connectivity index (χ1) is 5.40. The highest BCUT2D eigenvalue weighted by atomic mass is 33.1. The number of fused-ring (bicyclic) bond motifs is 1. The van der Waals surface area contributed by atoms with Crippen molar-refractivity contribution in [3.63, 3.8) is 0 Å². The van der Waals surface area contributed by atoms with Gasteiger partial charge in [-0.2, -0.15) is 0 Å². The van der Waals surface area contributed by atoms with Gasteiger partial charge in [0.1, 0.15) is 5.75 Å². The SMILES string of the molecule is COc1ccc2c(c1)SS[N]2. The fourth-order valence-corrected chi connectivity index (χ4v) is 2.63. The summed E-state index contributed by atoms with van der Waals surface area (Å²) in [7, 11) is 4.85. The van der Waals surface area contributed by atoms with Crippen LogP contribution in [0.25, 0.3) is 0 Å². The Morgan fingerprint density at radius 2 is 2.36 bits per heavy atom. The van der Waals surface area contributed by atoms with Gasteiger partial charge >= 0.3 is 0 Å². The normalized spacial score (nSPS) is 13.9. The third-order valence-electron chi connectivity index (χ3n) is 1.43. The number of hydrogen-bond acceptors (Lipinski definition) is 3. The van der Waals surface area contributed by atoms with Gasteiger partial charge in [-0.15, -0.1) is 0 Å². The molecule has 0 fully saturated rings. The standard InChI is InChI=1S/C7H6NOS2/c1-9-5-2-3-6-7(4-5)10-11-8-6/h2-4H,1H3. The van der Waals surface area contributed by atoms with Crippen molar-refractivity contribution in [3.8, 4) is 5.75 Å². The first-order valence-corrected chi connectivity index (χ1v) is 5.23. The highest BCUT2D eigenvalue weighted by molar-refractivity contribution is 8.76. The van der Waals surface area contributed by atoms with E-state index in [9.17, 15) is 0 Å². The van der Waals surface area contributed by atoms with E-state index in [4.69, 9.17) is 4.74 Å². The van der Waals surface area contributed by atoms with Crippen LogP contribution in [-0.2, 0) is 0 Å². The molecule has 2 nitrogen and oxygen atoms in total. The van der Waals surface area contributed by atoms with E-state index in [-0.39, 0.29) is 0 Å². The molecule has 1 heterocycles. The molecule has 0 atom stereocenters. The Labute approximate surface area is 73.2 Å². The molecule has 0 N–H and O–H groups in total. The van der Waals surface area contributed by atoms with E-state index in [2.05, 4.69) is 4.72 Å². The Hall–Kier alpha value is -0.480. The third-order valence-corrected chi connectivity index (χ3v) is 3.27. The first-order valence-electron chi connectivity index (χ1n) is 3.13. The molecule has 0 aliphatic carbocycles. The van der Waals surface area contributed by atoms with Gasteiger partial charge < -0.3 is 4.74 Å². The number of ether oxygens (including phenoxy) is 1. The molecule has 1 aliphatic rings. The molecule has 2 rings (SSSR count). The molecule has 0 bridgehead atoms. The van der Waals surface area contributed by atoms with Gasteiger partial charge in [0.2, 0.25) is 0 Å². The molecule has 1 aromatic rings. The molecule has 1 radical (unpaired) electrons. The van der Waals surface area contributed by atoms with Crippen molar-refractivity contribution in [2.45, 2.75) is 4.90 Å².